The number of likely N-dealkylation sites (tertiary alicyclic amines) is 1. The Morgan fingerprint density at radius 3 is 2.65 bits per heavy atom. The molecule has 2 aromatic heterocycles. The number of amides is 1. The van der Waals surface area contributed by atoms with Crippen molar-refractivity contribution in [2.75, 3.05) is 20.7 Å². The normalized spacial score (nSPS) is 19.7. The topological polar surface area (TPSA) is 79.4 Å². The van der Waals surface area contributed by atoms with Crippen LogP contribution in [0.5, 0.6) is 5.75 Å². The summed E-state index contributed by atoms with van der Waals surface area (Å²) in [5.41, 5.74) is 2.54. The summed E-state index contributed by atoms with van der Waals surface area (Å²) in [5, 5.41) is 3.56. The Bertz CT molecular complexity index is 1360. The summed E-state index contributed by atoms with van der Waals surface area (Å²) in [5.74, 6) is -0.183. The molecule has 1 unspecified atom stereocenters. The Morgan fingerprint density at radius 2 is 1.97 bits per heavy atom. The van der Waals surface area contributed by atoms with Crippen molar-refractivity contribution in [1.29, 1.82) is 0 Å². The molecule has 0 aliphatic carbocycles. The van der Waals surface area contributed by atoms with E-state index < -0.39 is 12.2 Å². The molecule has 1 aromatic carbocycles. The largest absolute Gasteiger partial charge is 0.496 e. The summed E-state index contributed by atoms with van der Waals surface area (Å²) in [6.07, 6.45) is -3.65. The lowest BCUT2D eigenvalue weighted by Gasteiger charge is -2.40. The third kappa shape index (κ3) is 5.12. The molecule has 7 nitrogen and oxygen atoms in total. The van der Waals surface area contributed by atoms with Gasteiger partial charge in [0, 0.05) is 28.3 Å². The Kier molecular flexibility index (Phi) is 7.41. The molecule has 1 aliphatic rings. The molecule has 3 heterocycles. The highest BCUT2D eigenvalue weighted by atomic mass is 19.4. The number of carbonyl (C=O) groups excluding carboxylic acids is 1. The first-order valence-corrected chi connectivity index (χ1v) is 12.4. The molecule has 0 saturated carbocycles. The molecule has 3 atom stereocenters. The van der Waals surface area contributed by atoms with Gasteiger partial charge in [-0.1, -0.05) is 18.2 Å². The lowest BCUT2D eigenvalue weighted by Crippen LogP contribution is -2.49. The maximum Gasteiger partial charge on any atom is 0.404 e. The molecular formula is C27H33F3N4O3. The highest BCUT2D eigenvalue weighted by Gasteiger charge is 2.46. The number of ether oxygens (including phenoxy) is 1. The predicted molar refractivity (Wildman–Crippen MR) is 136 cm³/mol. The van der Waals surface area contributed by atoms with Crippen LogP contribution < -0.4 is 15.6 Å². The van der Waals surface area contributed by atoms with Crippen LogP contribution in [0.25, 0.3) is 10.9 Å². The second-order valence-electron chi connectivity index (χ2n) is 9.92. The van der Waals surface area contributed by atoms with Crippen LogP contribution in [0.4, 0.5) is 13.2 Å². The molecule has 0 bridgehead atoms. The van der Waals surface area contributed by atoms with Gasteiger partial charge in [-0.25, -0.2) is 0 Å². The van der Waals surface area contributed by atoms with Gasteiger partial charge < -0.3 is 19.6 Å². The van der Waals surface area contributed by atoms with Crippen LogP contribution in [0.15, 0.2) is 35.1 Å². The summed E-state index contributed by atoms with van der Waals surface area (Å²) >= 11 is 0. The summed E-state index contributed by atoms with van der Waals surface area (Å²) in [6.45, 7) is 5.82. The van der Waals surface area contributed by atoms with E-state index in [1.165, 1.54) is 19.1 Å². The first kappa shape index (κ1) is 26.8. The molecule has 0 radical (unpaired) electrons. The number of hydrogen-bond donors (Lipinski definition) is 2. The lowest BCUT2D eigenvalue weighted by molar-refractivity contribution is -0.192. The van der Waals surface area contributed by atoms with Crippen molar-refractivity contribution >= 4 is 16.8 Å². The van der Waals surface area contributed by atoms with Gasteiger partial charge in [0.25, 0.3) is 11.5 Å². The molecule has 1 aliphatic heterocycles. The zero-order valence-corrected chi connectivity index (χ0v) is 21.7. The number of carbonyl (C=O) groups is 1. The van der Waals surface area contributed by atoms with Gasteiger partial charge in [-0.2, -0.15) is 13.2 Å². The van der Waals surface area contributed by atoms with Crippen LogP contribution in [-0.4, -0.2) is 53.3 Å². The number of alkyl halides is 3. The van der Waals surface area contributed by atoms with Crippen molar-refractivity contribution in [1.82, 2.24) is 19.8 Å². The number of aryl methyl sites for hydroxylation is 1. The average Bonchev–Trinajstić information content (AvgIpc) is 3.13. The first-order chi connectivity index (χ1) is 17.4. The van der Waals surface area contributed by atoms with Crippen LogP contribution in [0, 0.1) is 19.8 Å². The second-order valence-corrected chi connectivity index (χ2v) is 9.92. The first-order valence-electron chi connectivity index (χ1n) is 12.4. The standard InChI is InChI=1S/C27H33F3N4O3/c1-15-12-22(37-5)20(25(35)32-15)14-31-26(36)24-17(3)34(21-9-7-6-8-19(21)24)16(2)18-10-11-33(4)23(13-18)27(28,29)30/h6-9,12,16,18,23H,10-11,13-14H2,1-5H3,(H,31,36)(H,32,35)/t16-,18-,23?/m1/s1. The fourth-order valence-electron chi connectivity index (χ4n) is 5.64. The number of aromatic amines is 1. The number of H-pyrrole nitrogens is 1. The Balaban J connectivity index is 1.66. The molecule has 4 rings (SSSR count). The summed E-state index contributed by atoms with van der Waals surface area (Å²) in [4.78, 5) is 30.0. The van der Waals surface area contributed by atoms with Gasteiger partial charge in [0.15, 0.2) is 0 Å². The molecule has 2 N–H and O–H groups in total. The molecule has 10 heteroatoms. The number of nitrogens with zero attached hydrogens (tertiary/aromatic N) is 2. The van der Waals surface area contributed by atoms with Gasteiger partial charge in [-0.3, -0.25) is 14.5 Å². The number of fused-ring (bicyclic) bond motifs is 1. The minimum atomic E-state index is -4.29. The molecule has 1 fully saturated rings. The minimum Gasteiger partial charge on any atom is -0.496 e. The highest BCUT2D eigenvalue weighted by molar-refractivity contribution is 6.08. The maximum atomic E-state index is 13.7. The van der Waals surface area contributed by atoms with Gasteiger partial charge in [0.1, 0.15) is 11.8 Å². The van der Waals surface area contributed by atoms with Crippen LogP contribution in [0.3, 0.4) is 0 Å². The number of aromatic nitrogens is 2. The van der Waals surface area contributed by atoms with Gasteiger partial charge in [0.05, 0.1) is 24.8 Å². The summed E-state index contributed by atoms with van der Waals surface area (Å²) in [6, 6.07) is 7.38. The molecule has 200 valence electrons. The lowest BCUT2D eigenvalue weighted by atomic mass is 9.85. The second kappa shape index (κ2) is 10.2. The Hall–Kier alpha value is -3.27. The number of para-hydroxylation sites is 1. The van der Waals surface area contributed by atoms with Crippen molar-refractivity contribution in [2.24, 2.45) is 5.92 Å². The number of halogens is 3. The van der Waals surface area contributed by atoms with E-state index in [0.717, 1.165) is 10.9 Å². The third-order valence-corrected chi connectivity index (χ3v) is 7.64. The molecule has 1 saturated heterocycles. The number of pyridine rings is 1. The number of piperidine rings is 1. The van der Waals surface area contributed by atoms with Crippen LogP contribution in [0.2, 0.25) is 0 Å². The molecule has 0 spiro atoms. The van der Waals surface area contributed by atoms with Gasteiger partial charge in [-0.15, -0.1) is 0 Å². The highest BCUT2D eigenvalue weighted by Crippen LogP contribution is 2.40. The smallest absolute Gasteiger partial charge is 0.404 e. The van der Waals surface area contributed by atoms with Gasteiger partial charge >= 0.3 is 6.18 Å². The minimum absolute atomic E-state index is 0.00460. The quantitative estimate of drug-likeness (QED) is 0.495. The average molecular weight is 519 g/mol. The van der Waals surface area contributed by atoms with Crippen LogP contribution >= 0.6 is 0 Å². The zero-order valence-electron chi connectivity index (χ0n) is 21.7. The fraction of sp³-hybridized carbons (Fsp3) is 0.481. The van der Waals surface area contributed by atoms with Gasteiger partial charge in [0.2, 0.25) is 0 Å². The van der Waals surface area contributed by atoms with Crippen LogP contribution in [-0.2, 0) is 6.54 Å². The number of rotatable bonds is 6. The van der Waals surface area contributed by atoms with E-state index in [0.29, 0.717) is 41.2 Å². The van der Waals surface area contributed by atoms with Crippen LogP contribution in [0.1, 0.15) is 53.1 Å². The molecule has 1 amide bonds. The van der Waals surface area contributed by atoms with Crippen molar-refractivity contribution in [2.45, 2.75) is 58.4 Å². The SMILES string of the molecule is COc1cc(C)[nH]c(=O)c1CNC(=O)c1c(C)n([C@H](C)[C@@H]2CCN(C)C(C(F)(F)F)C2)c2ccccc12. The van der Waals surface area contributed by atoms with Crippen molar-refractivity contribution < 1.29 is 22.7 Å². The number of methoxy groups -OCH3 is 1. The molecule has 37 heavy (non-hydrogen) atoms. The van der Waals surface area contributed by atoms with E-state index in [-0.39, 0.29) is 36.4 Å². The van der Waals surface area contributed by atoms with E-state index in [4.69, 9.17) is 4.74 Å². The number of benzene rings is 1. The Labute approximate surface area is 213 Å². The Morgan fingerprint density at radius 1 is 1.27 bits per heavy atom. The summed E-state index contributed by atoms with van der Waals surface area (Å²) in [7, 11) is 2.98. The number of nitrogens with one attached hydrogen (secondary N) is 2. The molecule has 3 aromatic rings. The maximum absolute atomic E-state index is 13.7. The summed E-state index contributed by atoms with van der Waals surface area (Å²) < 4.78 is 48.3. The third-order valence-electron chi connectivity index (χ3n) is 7.64. The zero-order chi connectivity index (χ0) is 27.1. The van der Waals surface area contributed by atoms with Crippen molar-refractivity contribution in [3.63, 3.8) is 0 Å². The van der Waals surface area contributed by atoms with E-state index >= 15 is 0 Å². The van der Waals surface area contributed by atoms with E-state index in [1.807, 2.05) is 42.7 Å². The predicted octanol–water partition coefficient (Wildman–Crippen LogP) is 4.72. The van der Waals surface area contributed by atoms with Crippen molar-refractivity contribution in [3.8, 4) is 5.75 Å². The van der Waals surface area contributed by atoms with Gasteiger partial charge in [-0.05, 0) is 65.3 Å². The monoisotopic (exact) mass is 518 g/mol. The van der Waals surface area contributed by atoms with E-state index in [9.17, 15) is 22.8 Å². The van der Waals surface area contributed by atoms with E-state index in [1.54, 1.807) is 13.0 Å². The fourth-order valence-corrected chi connectivity index (χ4v) is 5.64. The van der Waals surface area contributed by atoms with E-state index in [2.05, 4.69) is 10.3 Å². The number of hydrogen-bond acceptors (Lipinski definition) is 4. The van der Waals surface area contributed by atoms with Crippen molar-refractivity contribution in [3.05, 3.63) is 63.2 Å². The molecular weight excluding hydrogens is 485 g/mol.